The second kappa shape index (κ2) is 5.12. The summed E-state index contributed by atoms with van der Waals surface area (Å²) in [6.07, 6.45) is 3.18. The van der Waals surface area contributed by atoms with E-state index in [1.54, 1.807) is 15.7 Å². The lowest BCUT2D eigenvalue weighted by Gasteiger charge is -2.06. The van der Waals surface area contributed by atoms with Crippen LogP contribution in [0.3, 0.4) is 0 Å². The molecule has 0 fully saturated rings. The van der Waals surface area contributed by atoms with E-state index in [4.69, 9.17) is 4.74 Å². The highest BCUT2D eigenvalue weighted by atomic mass is 16.5. The van der Waals surface area contributed by atoms with Crippen molar-refractivity contribution < 1.29 is 4.74 Å². The van der Waals surface area contributed by atoms with E-state index in [9.17, 15) is 0 Å². The van der Waals surface area contributed by atoms with Gasteiger partial charge in [-0.15, -0.1) is 0 Å². The van der Waals surface area contributed by atoms with Crippen LogP contribution in [-0.4, -0.2) is 29.5 Å². The Morgan fingerprint density at radius 2 is 2.10 bits per heavy atom. The molecule has 7 heteroatoms. The summed E-state index contributed by atoms with van der Waals surface area (Å²) in [7, 11) is 3.67. The summed E-state index contributed by atoms with van der Waals surface area (Å²) >= 11 is 0. The van der Waals surface area contributed by atoms with Crippen molar-refractivity contribution in [2.75, 3.05) is 0 Å². The monoisotopic (exact) mass is 270 g/mol. The van der Waals surface area contributed by atoms with Gasteiger partial charge >= 0.3 is 0 Å². The molecule has 0 unspecified atom stereocenters. The summed E-state index contributed by atoms with van der Waals surface area (Å²) in [5, 5.41) is 8.27. The Kier molecular flexibility index (Phi) is 3.16. The maximum atomic E-state index is 5.71. The summed E-state index contributed by atoms with van der Waals surface area (Å²) in [5.41, 5.74) is 0.918. The van der Waals surface area contributed by atoms with Crippen molar-refractivity contribution in [3.05, 3.63) is 42.7 Å². The van der Waals surface area contributed by atoms with Gasteiger partial charge < -0.3 is 4.74 Å². The summed E-state index contributed by atoms with van der Waals surface area (Å²) in [6.45, 7) is 0.371. The molecule has 0 spiro atoms. The predicted octanol–water partition coefficient (Wildman–Crippen LogP) is 1.19. The summed E-state index contributed by atoms with van der Waals surface area (Å²) in [5.74, 6) is 2.20. The highest BCUT2D eigenvalue weighted by molar-refractivity contribution is 5.56. The van der Waals surface area contributed by atoms with Crippen LogP contribution in [0, 0.1) is 0 Å². The Morgan fingerprint density at radius 1 is 1.20 bits per heavy atom. The fourth-order valence-corrected chi connectivity index (χ4v) is 1.80. The molecule has 1 aromatic carbocycles. The summed E-state index contributed by atoms with van der Waals surface area (Å²) in [6, 6.07) is 7.66. The van der Waals surface area contributed by atoms with E-state index in [0.29, 0.717) is 12.4 Å². The Bertz CT molecular complexity index is 717. The molecule has 0 N–H and O–H groups in total. The van der Waals surface area contributed by atoms with Gasteiger partial charge in [0.05, 0.1) is 0 Å². The molecule has 0 saturated carbocycles. The smallest absolute Gasteiger partial charge is 0.181 e. The van der Waals surface area contributed by atoms with Crippen molar-refractivity contribution in [3.8, 4) is 17.1 Å². The molecular formula is C13H14N6O. The SMILES string of the molecule is Cn1cnc(-c2cccc(OCc3ncnn3C)c2)n1. The van der Waals surface area contributed by atoms with E-state index in [2.05, 4.69) is 20.2 Å². The minimum absolute atomic E-state index is 0.371. The zero-order valence-corrected chi connectivity index (χ0v) is 11.3. The van der Waals surface area contributed by atoms with Gasteiger partial charge in [-0.3, -0.25) is 9.36 Å². The normalized spacial score (nSPS) is 10.7. The van der Waals surface area contributed by atoms with Crippen molar-refractivity contribution in [1.82, 2.24) is 29.5 Å². The first-order chi connectivity index (χ1) is 9.72. The van der Waals surface area contributed by atoms with E-state index in [0.717, 1.165) is 17.1 Å². The molecule has 0 amide bonds. The van der Waals surface area contributed by atoms with Gasteiger partial charge in [-0.1, -0.05) is 12.1 Å². The highest BCUT2D eigenvalue weighted by Crippen LogP contribution is 2.21. The first-order valence-corrected chi connectivity index (χ1v) is 6.14. The number of aryl methyl sites for hydroxylation is 2. The molecule has 0 aliphatic rings. The Morgan fingerprint density at radius 3 is 2.80 bits per heavy atom. The summed E-state index contributed by atoms with van der Waals surface area (Å²) in [4.78, 5) is 8.33. The molecule has 2 aromatic heterocycles. The van der Waals surface area contributed by atoms with Crippen LogP contribution in [0.25, 0.3) is 11.4 Å². The zero-order valence-electron chi connectivity index (χ0n) is 11.3. The number of nitrogens with zero attached hydrogens (tertiary/aromatic N) is 6. The van der Waals surface area contributed by atoms with E-state index < -0.39 is 0 Å². The van der Waals surface area contributed by atoms with E-state index in [-0.39, 0.29) is 0 Å². The number of hydrogen-bond donors (Lipinski definition) is 0. The van der Waals surface area contributed by atoms with Gasteiger partial charge in [-0.05, 0) is 12.1 Å². The van der Waals surface area contributed by atoms with Gasteiger partial charge in [0, 0.05) is 19.7 Å². The van der Waals surface area contributed by atoms with Crippen LogP contribution in [0.15, 0.2) is 36.9 Å². The molecule has 2 heterocycles. The van der Waals surface area contributed by atoms with Crippen molar-refractivity contribution in [3.63, 3.8) is 0 Å². The molecule has 3 rings (SSSR count). The van der Waals surface area contributed by atoms with Crippen LogP contribution >= 0.6 is 0 Å². The van der Waals surface area contributed by atoms with Crippen LogP contribution in [0.4, 0.5) is 0 Å². The predicted molar refractivity (Wildman–Crippen MR) is 71.8 cm³/mol. The number of benzene rings is 1. The minimum atomic E-state index is 0.371. The standard InChI is InChI=1S/C13H14N6O/c1-18-9-15-13(17-18)10-4-3-5-11(6-10)20-7-12-14-8-16-19(12)2/h3-6,8-9H,7H2,1-2H3. The number of ether oxygens (including phenoxy) is 1. The lowest BCUT2D eigenvalue weighted by molar-refractivity contribution is 0.290. The lowest BCUT2D eigenvalue weighted by atomic mass is 10.2. The van der Waals surface area contributed by atoms with E-state index >= 15 is 0 Å². The second-order valence-corrected chi connectivity index (χ2v) is 4.36. The maximum Gasteiger partial charge on any atom is 0.181 e. The summed E-state index contributed by atoms with van der Waals surface area (Å²) < 4.78 is 9.07. The van der Waals surface area contributed by atoms with Gasteiger partial charge in [0.2, 0.25) is 0 Å². The molecule has 0 bridgehead atoms. The average Bonchev–Trinajstić information content (AvgIpc) is 3.06. The molecule has 102 valence electrons. The number of aromatic nitrogens is 6. The van der Waals surface area contributed by atoms with Crippen LogP contribution in [0.1, 0.15) is 5.82 Å². The molecule has 3 aromatic rings. The first-order valence-electron chi connectivity index (χ1n) is 6.14. The Labute approximate surface area is 115 Å². The fourth-order valence-electron chi connectivity index (χ4n) is 1.80. The first kappa shape index (κ1) is 12.3. The maximum absolute atomic E-state index is 5.71. The van der Waals surface area contributed by atoms with Crippen LogP contribution < -0.4 is 4.74 Å². The topological polar surface area (TPSA) is 70.7 Å². The largest absolute Gasteiger partial charge is 0.486 e. The molecule has 0 aliphatic carbocycles. The van der Waals surface area contributed by atoms with Gasteiger partial charge in [-0.2, -0.15) is 10.2 Å². The minimum Gasteiger partial charge on any atom is -0.486 e. The van der Waals surface area contributed by atoms with Crippen molar-refractivity contribution in [2.45, 2.75) is 6.61 Å². The van der Waals surface area contributed by atoms with Gasteiger partial charge in [0.25, 0.3) is 0 Å². The van der Waals surface area contributed by atoms with Crippen molar-refractivity contribution in [1.29, 1.82) is 0 Å². The fraction of sp³-hybridized carbons (Fsp3) is 0.231. The third-order valence-corrected chi connectivity index (χ3v) is 2.86. The second-order valence-electron chi connectivity index (χ2n) is 4.36. The van der Waals surface area contributed by atoms with Gasteiger partial charge in [-0.25, -0.2) is 9.97 Å². The quantitative estimate of drug-likeness (QED) is 0.712. The molecular weight excluding hydrogens is 256 g/mol. The molecule has 0 radical (unpaired) electrons. The molecule has 0 aliphatic heterocycles. The third kappa shape index (κ3) is 2.51. The third-order valence-electron chi connectivity index (χ3n) is 2.86. The average molecular weight is 270 g/mol. The Balaban J connectivity index is 1.76. The van der Waals surface area contributed by atoms with Gasteiger partial charge in [0.1, 0.15) is 25.0 Å². The Hall–Kier alpha value is -2.70. The van der Waals surface area contributed by atoms with Crippen LogP contribution in [0.5, 0.6) is 5.75 Å². The molecule has 0 saturated heterocycles. The van der Waals surface area contributed by atoms with Crippen LogP contribution in [0.2, 0.25) is 0 Å². The highest BCUT2D eigenvalue weighted by Gasteiger charge is 2.06. The molecule has 20 heavy (non-hydrogen) atoms. The van der Waals surface area contributed by atoms with E-state index in [1.165, 1.54) is 6.33 Å². The van der Waals surface area contributed by atoms with E-state index in [1.807, 2.05) is 38.4 Å². The lowest BCUT2D eigenvalue weighted by Crippen LogP contribution is -2.04. The molecule has 0 atom stereocenters. The van der Waals surface area contributed by atoms with Crippen molar-refractivity contribution >= 4 is 0 Å². The van der Waals surface area contributed by atoms with Crippen molar-refractivity contribution in [2.24, 2.45) is 14.1 Å². The van der Waals surface area contributed by atoms with Crippen LogP contribution in [-0.2, 0) is 20.7 Å². The zero-order chi connectivity index (χ0) is 13.9. The number of rotatable bonds is 4. The molecule has 7 nitrogen and oxygen atoms in total. The number of hydrogen-bond acceptors (Lipinski definition) is 5. The van der Waals surface area contributed by atoms with Gasteiger partial charge in [0.15, 0.2) is 11.6 Å².